The molecular weight excluding hydrogens is 312 g/mol. The highest BCUT2D eigenvalue weighted by Gasteiger charge is 2.30. The Morgan fingerprint density at radius 2 is 1.88 bits per heavy atom. The van der Waals surface area contributed by atoms with Crippen molar-refractivity contribution in [2.45, 2.75) is 12.5 Å². The molecule has 1 heterocycles. The molecule has 0 fully saturated rings. The van der Waals surface area contributed by atoms with Crippen LogP contribution in [0.4, 0.5) is 5.69 Å². The number of rotatable bonds is 4. The largest absolute Gasteiger partial charge is 0.508 e. The Kier molecular flexibility index (Phi) is 4.26. The van der Waals surface area contributed by atoms with Crippen LogP contribution in [0.5, 0.6) is 17.2 Å². The third-order valence-electron chi connectivity index (χ3n) is 4.22. The van der Waals surface area contributed by atoms with E-state index in [2.05, 4.69) is 5.32 Å². The van der Waals surface area contributed by atoms with Crippen molar-refractivity contribution < 1.29 is 19.5 Å². The van der Waals surface area contributed by atoms with Gasteiger partial charge in [-0.3, -0.25) is 10.1 Å². The Morgan fingerprint density at radius 1 is 1.17 bits per heavy atom. The molecule has 2 aromatic carbocycles. The maximum absolute atomic E-state index is 11.5. The molecule has 1 aliphatic heterocycles. The van der Waals surface area contributed by atoms with Crippen molar-refractivity contribution in [1.29, 1.82) is 0 Å². The van der Waals surface area contributed by atoms with Gasteiger partial charge in [-0.05, 0) is 35.7 Å². The molecule has 2 aromatic rings. The first-order chi connectivity index (χ1) is 11.5. The highest BCUT2D eigenvalue weighted by atomic mass is 16.6. The molecule has 0 saturated heterocycles. The van der Waals surface area contributed by atoms with Crippen LogP contribution in [0.1, 0.15) is 22.7 Å². The Hall–Kier alpha value is -2.80. The molecule has 1 atom stereocenters. The average Bonchev–Trinajstić information content (AvgIpc) is 2.59. The highest BCUT2D eigenvalue weighted by molar-refractivity contribution is 5.58. The van der Waals surface area contributed by atoms with Gasteiger partial charge in [-0.25, -0.2) is 0 Å². The Bertz CT molecular complexity index is 791. The predicted octanol–water partition coefficient (Wildman–Crippen LogP) is 2.55. The van der Waals surface area contributed by atoms with Gasteiger partial charge in [0.25, 0.3) is 5.69 Å². The number of nitrogens with one attached hydrogen (secondary N) is 1. The third kappa shape index (κ3) is 2.74. The molecular formula is C17H18N2O5. The first kappa shape index (κ1) is 16.1. The minimum atomic E-state index is -0.423. The van der Waals surface area contributed by atoms with Crippen molar-refractivity contribution >= 4 is 5.69 Å². The topological polar surface area (TPSA) is 93.9 Å². The van der Waals surface area contributed by atoms with Crippen molar-refractivity contribution in [2.24, 2.45) is 0 Å². The summed E-state index contributed by atoms with van der Waals surface area (Å²) in [5, 5.41) is 24.5. The maximum Gasteiger partial charge on any atom is 0.278 e. The number of fused-ring (bicyclic) bond motifs is 1. The number of nitro groups is 1. The number of nitro benzene ring substituents is 1. The van der Waals surface area contributed by atoms with Crippen molar-refractivity contribution in [3.8, 4) is 17.2 Å². The van der Waals surface area contributed by atoms with E-state index < -0.39 is 4.92 Å². The third-order valence-corrected chi connectivity index (χ3v) is 4.22. The molecule has 0 aliphatic carbocycles. The molecule has 7 nitrogen and oxygen atoms in total. The zero-order valence-corrected chi connectivity index (χ0v) is 13.4. The zero-order valence-electron chi connectivity index (χ0n) is 13.4. The second kappa shape index (κ2) is 6.37. The Labute approximate surface area is 139 Å². The van der Waals surface area contributed by atoms with Crippen LogP contribution in [0.25, 0.3) is 0 Å². The summed E-state index contributed by atoms with van der Waals surface area (Å²) in [4.78, 5) is 11.1. The van der Waals surface area contributed by atoms with E-state index in [0.29, 0.717) is 23.6 Å². The lowest BCUT2D eigenvalue weighted by Gasteiger charge is -2.27. The number of methoxy groups -OCH3 is 2. The van der Waals surface area contributed by atoms with Gasteiger partial charge in [0.15, 0.2) is 11.5 Å². The van der Waals surface area contributed by atoms with Crippen LogP contribution in [0.2, 0.25) is 0 Å². The summed E-state index contributed by atoms with van der Waals surface area (Å²) in [6, 6.07) is 7.75. The van der Waals surface area contributed by atoms with Gasteiger partial charge in [0.05, 0.1) is 36.8 Å². The van der Waals surface area contributed by atoms with Gasteiger partial charge in [-0.1, -0.05) is 6.07 Å². The van der Waals surface area contributed by atoms with E-state index >= 15 is 0 Å². The number of phenolic OH excluding ortho intramolecular Hbond substituents is 1. The summed E-state index contributed by atoms with van der Waals surface area (Å²) < 4.78 is 10.5. The first-order valence-corrected chi connectivity index (χ1v) is 7.50. The van der Waals surface area contributed by atoms with Crippen LogP contribution in [-0.4, -0.2) is 30.8 Å². The molecule has 0 amide bonds. The fourth-order valence-corrected chi connectivity index (χ4v) is 3.10. The van der Waals surface area contributed by atoms with Crippen LogP contribution in [0.15, 0.2) is 30.3 Å². The van der Waals surface area contributed by atoms with Gasteiger partial charge in [0.2, 0.25) is 0 Å². The lowest BCUT2D eigenvalue weighted by atomic mass is 9.88. The van der Waals surface area contributed by atoms with Crippen molar-refractivity contribution in [1.82, 2.24) is 5.32 Å². The maximum atomic E-state index is 11.5. The van der Waals surface area contributed by atoms with Crippen molar-refractivity contribution in [3.63, 3.8) is 0 Å². The summed E-state index contributed by atoms with van der Waals surface area (Å²) in [6.07, 6.45) is 0.751. The quantitative estimate of drug-likeness (QED) is 0.661. The predicted molar refractivity (Wildman–Crippen MR) is 87.9 cm³/mol. The molecule has 1 aliphatic rings. The molecule has 0 spiro atoms. The Morgan fingerprint density at radius 3 is 2.54 bits per heavy atom. The minimum absolute atomic E-state index is 0.0360. The zero-order chi connectivity index (χ0) is 17.3. The van der Waals surface area contributed by atoms with E-state index in [-0.39, 0.29) is 17.5 Å². The monoisotopic (exact) mass is 330 g/mol. The summed E-state index contributed by atoms with van der Waals surface area (Å²) >= 11 is 0. The molecule has 0 aromatic heterocycles. The van der Waals surface area contributed by atoms with Crippen LogP contribution in [0, 0.1) is 10.1 Å². The van der Waals surface area contributed by atoms with Crippen LogP contribution < -0.4 is 14.8 Å². The van der Waals surface area contributed by atoms with Gasteiger partial charge >= 0.3 is 0 Å². The van der Waals surface area contributed by atoms with E-state index in [4.69, 9.17) is 9.47 Å². The number of ether oxygens (including phenoxy) is 2. The van der Waals surface area contributed by atoms with Gasteiger partial charge in [0.1, 0.15) is 5.75 Å². The van der Waals surface area contributed by atoms with Gasteiger partial charge in [-0.15, -0.1) is 0 Å². The lowest BCUT2D eigenvalue weighted by Crippen LogP contribution is -2.31. The molecule has 0 saturated carbocycles. The van der Waals surface area contributed by atoms with Crippen molar-refractivity contribution in [2.75, 3.05) is 20.8 Å². The number of phenols is 1. The van der Waals surface area contributed by atoms with E-state index in [0.717, 1.165) is 17.5 Å². The number of hydrogen-bond acceptors (Lipinski definition) is 6. The Balaban J connectivity index is 2.18. The first-order valence-electron chi connectivity index (χ1n) is 7.50. The SMILES string of the molecule is COc1cc(C2NCCc3cc(O)ccc32)c([N+](=O)[O-])cc1OC. The normalized spacial score (nSPS) is 16.3. The summed E-state index contributed by atoms with van der Waals surface area (Å²) in [7, 11) is 2.94. The minimum Gasteiger partial charge on any atom is -0.508 e. The molecule has 126 valence electrons. The standard InChI is InChI=1S/C17H18N2O5/c1-23-15-8-13(14(19(21)22)9-16(15)24-2)17-12-4-3-11(20)7-10(12)5-6-18-17/h3-4,7-9,17-18,20H,5-6H2,1-2H3. The summed E-state index contributed by atoms with van der Waals surface area (Å²) in [5.74, 6) is 0.941. The van der Waals surface area contributed by atoms with Crippen LogP contribution in [-0.2, 0) is 6.42 Å². The lowest BCUT2D eigenvalue weighted by molar-refractivity contribution is -0.385. The van der Waals surface area contributed by atoms with E-state index in [1.54, 1.807) is 24.3 Å². The molecule has 7 heteroatoms. The number of hydrogen-bond donors (Lipinski definition) is 2. The number of benzene rings is 2. The average molecular weight is 330 g/mol. The highest BCUT2D eigenvalue weighted by Crippen LogP contribution is 2.41. The van der Waals surface area contributed by atoms with Crippen LogP contribution in [0.3, 0.4) is 0 Å². The molecule has 24 heavy (non-hydrogen) atoms. The van der Waals surface area contributed by atoms with E-state index in [9.17, 15) is 15.2 Å². The second-order valence-corrected chi connectivity index (χ2v) is 5.54. The summed E-state index contributed by atoms with van der Waals surface area (Å²) in [6.45, 7) is 0.659. The van der Waals surface area contributed by atoms with E-state index in [1.807, 2.05) is 0 Å². The fraction of sp³-hybridized carbons (Fsp3) is 0.294. The molecule has 2 N–H and O–H groups in total. The van der Waals surface area contributed by atoms with Gasteiger partial charge in [0, 0.05) is 6.54 Å². The number of aromatic hydroxyl groups is 1. The van der Waals surface area contributed by atoms with Gasteiger partial charge < -0.3 is 19.9 Å². The van der Waals surface area contributed by atoms with Crippen LogP contribution >= 0.6 is 0 Å². The molecule has 0 radical (unpaired) electrons. The van der Waals surface area contributed by atoms with Crippen molar-refractivity contribution in [3.05, 3.63) is 57.1 Å². The molecule has 1 unspecified atom stereocenters. The molecule has 3 rings (SSSR count). The smallest absolute Gasteiger partial charge is 0.278 e. The number of nitrogens with zero attached hydrogens (tertiary/aromatic N) is 1. The van der Waals surface area contributed by atoms with E-state index in [1.165, 1.54) is 20.3 Å². The fourth-order valence-electron chi connectivity index (χ4n) is 3.10. The van der Waals surface area contributed by atoms with Gasteiger partial charge in [-0.2, -0.15) is 0 Å². The second-order valence-electron chi connectivity index (χ2n) is 5.54. The molecule has 0 bridgehead atoms. The summed E-state index contributed by atoms with van der Waals surface area (Å²) in [5.41, 5.74) is 2.35.